The summed E-state index contributed by atoms with van der Waals surface area (Å²) >= 11 is 0. The minimum absolute atomic E-state index is 0.0599. The van der Waals surface area contributed by atoms with Crippen molar-refractivity contribution >= 4 is 29.0 Å². The SMILES string of the molecule is C=C[C@]1(C)C[C@@H](OC(=O)CN2CCN(C(=O)Cn3cc(CN4CCN(c5ccc([N+](=O)[O-])cc5)CC4)nn3)CC2)[C@@]2(C)[C@@H]3C(=O)CC[C@@]3(CC[C@@H]2C)[C@@H](C)[C@@H]1O. The van der Waals surface area contributed by atoms with Gasteiger partial charge in [-0.1, -0.05) is 39.0 Å². The van der Waals surface area contributed by atoms with Crippen LogP contribution in [0.4, 0.5) is 11.4 Å². The summed E-state index contributed by atoms with van der Waals surface area (Å²) in [6, 6.07) is 6.63. The molecule has 2 saturated heterocycles. The molecule has 7 rings (SSSR count). The number of nitrogens with zero attached hydrogens (tertiary/aromatic N) is 8. The van der Waals surface area contributed by atoms with E-state index in [1.807, 2.05) is 24.1 Å². The summed E-state index contributed by atoms with van der Waals surface area (Å²) in [6.45, 7) is 18.5. The molecule has 56 heavy (non-hydrogen) atoms. The number of hydrogen-bond acceptors (Lipinski definition) is 12. The minimum atomic E-state index is -0.707. The maximum Gasteiger partial charge on any atom is 0.320 e. The number of benzene rings is 1. The fourth-order valence-corrected chi connectivity index (χ4v) is 10.9. The van der Waals surface area contributed by atoms with Crippen LogP contribution in [0.5, 0.6) is 0 Å². The van der Waals surface area contributed by atoms with Gasteiger partial charge in [-0.2, -0.15) is 0 Å². The van der Waals surface area contributed by atoms with Crippen LogP contribution in [-0.2, 0) is 32.2 Å². The normalized spacial score (nSPS) is 34.0. The lowest BCUT2D eigenvalue weighted by atomic mass is 9.44. The molecule has 15 nitrogen and oxygen atoms in total. The number of ether oxygens (including phenoxy) is 1. The number of amides is 1. The van der Waals surface area contributed by atoms with E-state index in [1.54, 1.807) is 21.7 Å². The third kappa shape index (κ3) is 7.37. The van der Waals surface area contributed by atoms with Crippen LogP contribution < -0.4 is 4.90 Å². The molecule has 1 N–H and O–H groups in total. The van der Waals surface area contributed by atoms with Gasteiger partial charge < -0.3 is 19.6 Å². The fraction of sp³-hybridized carbons (Fsp3) is 0.683. The van der Waals surface area contributed by atoms with Crippen LogP contribution in [0.25, 0.3) is 0 Å². The molecule has 2 bridgehead atoms. The number of hydrogen-bond donors (Lipinski definition) is 1. The number of aliphatic hydroxyl groups excluding tert-OH is 1. The summed E-state index contributed by atoms with van der Waals surface area (Å²) in [5.41, 5.74) is 0.267. The minimum Gasteiger partial charge on any atom is -0.461 e. The Morgan fingerprint density at radius 2 is 1.70 bits per heavy atom. The quantitative estimate of drug-likeness (QED) is 0.162. The number of nitro groups is 1. The number of ketones is 1. The Kier molecular flexibility index (Phi) is 11.2. The van der Waals surface area contributed by atoms with Crippen LogP contribution >= 0.6 is 0 Å². The Labute approximate surface area is 329 Å². The van der Waals surface area contributed by atoms with E-state index in [4.69, 9.17) is 4.74 Å². The zero-order valence-corrected chi connectivity index (χ0v) is 33.3. The van der Waals surface area contributed by atoms with E-state index in [0.717, 1.165) is 56.8 Å². The van der Waals surface area contributed by atoms with Crippen molar-refractivity contribution < 1.29 is 29.2 Å². The third-order valence-corrected chi connectivity index (χ3v) is 14.7. The Hall–Kier alpha value is -4.21. The molecule has 1 amide bonds. The summed E-state index contributed by atoms with van der Waals surface area (Å²) in [7, 11) is 0. The number of anilines is 1. The number of carbonyl (C=O) groups is 3. The summed E-state index contributed by atoms with van der Waals surface area (Å²) in [5.74, 6) is -0.349. The first-order valence-electron chi connectivity index (χ1n) is 20.3. The predicted octanol–water partition coefficient (Wildman–Crippen LogP) is 3.56. The molecule has 2 aromatic rings. The molecule has 8 atom stereocenters. The van der Waals surface area contributed by atoms with Gasteiger partial charge in [0, 0.05) is 99.9 Å². The lowest BCUT2D eigenvalue weighted by Gasteiger charge is -2.61. The van der Waals surface area contributed by atoms with E-state index < -0.39 is 28.0 Å². The highest BCUT2D eigenvalue weighted by Gasteiger charge is 2.68. The second-order valence-corrected chi connectivity index (χ2v) is 17.7. The maximum atomic E-state index is 13.8. The van der Waals surface area contributed by atoms with Crippen molar-refractivity contribution in [2.45, 2.75) is 85.1 Å². The van der Waals surface area contributed by atoms with E-state index in [-0.39, 0.29) is 59.6 Å². The van der Waals surface area contributed by atoms with Gasteiger partial charge in [-0.05, 0) is 55.1 Å². The van der Waals surface area contributed by atoms with E-state index >= 15 is 0 Å². The van der Waals surface area contributed by atoms with Crippen molar-refractivity contribution in [2.24, 2.45) is 34.0 Å². The zero-order chi connectivity index (χ0) is 40.0. The maximum absolute atomic E-state index is 13.8. The van der Waals surface area contributed by atoms with Crippen LogP contribution in [0.2, 0.25) is 0 Å². The second-order valence-electron chi connectivity index (χ2n) is 17.7. The Morgan fingerprint density at radius 3 is 2.36 bits per heavy atom. The monoisotopic (exact) mass is 774 g/mol. The van der Waals surface area contributed by atoms with Crippen LogP contribution in [0.15, 0.2) is 43.1 Å². The van der Waals surface area contributed by atoms with E-state index in [1.165, 1.54) is 12.1 Å². The molecule has 1 aromatic carbocycles. The molecule has 15 heteroatoms. The van der Waals surface area contributed by atoms with Crippen LogP contribution in [0, 0.1) is 44.1 Å². The van der Waals surface area contributed by atoms with Crippen molar-refractivity contribution in [2.75, 3.05) is 63.8 Å². The highest BCUT2D eigenvalue weighted by atomic mass is 16.6. The molecule has 5 fully saturated rings. The Bertz CT molecular complexity index is 1800. The summed E-state index contributed by atoms with van der Waals surface area (Å²) in [4.78, 5) is 59.6. The molecule has 3 aliphatic carbocycles. The average molecular weight is 775 g/mol. The Morgan fingerprint density at radius 1 is 1.02 bits per heavy atom. The summed E-state index contributed by atoms with van der Waals surface area (Å²) in [6.07, 6.45) is 5.86. The number of rotatable bonds is 10. The standard InChI is InChI=1S/C41H58N8O7/c1-6-39(4)23-34(40(5)28(2)11-13-41(29(3)38(39)53)14-12-33(50)37(40)41)56-36(52)27-45-17-21-47(22-18-45)35(51)26-48-25-30(42-43-48)24-44-15-19-46(20-16-44)31-7-9-32(10-8-31)49(54)55/h6-10,25,28-29,34,37-38,53H,1,11-24,26-27H2,2-5H3/t28-,29-,34+,37-,38-,39+,40-,41-/m0/s1. The number of aliphatic hydroxyl groups is 1. The topological polar surface area (TPSA) is 167 Å². The molecular formula is C41H58N8O7. The van der Waals surface area contributed by atoms with E-state index in [2.05, 4.69) is 47.5 Å². The van der Waals surface area contributed by atoms with Gasteiger partial charge in [-0.25, -0.2) is 4.68 Å². The van der Waals surface area contributed by atoms with Gasteiger partial charge >= 0.3 is 5.97 Å². The summed E-state index contributed by atoms with van der Waals surface area (Å²) < 4.78 is 8.03. The molecular weight excluding hydrogens is 716 g/mol. The fourth-order valence-electron chi connectivity index (χ4n) is 10.9. The largest absolute Gasteiger partial charge is 0.461 e. The van der Waals surface area contributed by atoms with Crippen molar-refractivity contribution in [1.29, 1.82) is 0 Å². The summed E-state index contributed by atoms with van der Waals surface area (Å²) in [5, 5.41) is 31.3. The molecule has 304 valence electrons. The van der Waals surface area contributed by atoms with Gasteiger partial charge in [-0.15, -0.1) is 11.7 Å². The number of aromatic nitrogens is 3. The predicted molar refractivity (Wildman–Crippen MR) is 208 cm³/mol. The van der Waals surface area contributed by atoms with Crippen molar-refractivity contribution in [1.82, 2.24) is 29.7 Å². The lowest BCUT2D eigenvalue weighted by Crippen LogP contribution is -2.63. The first-order chi connectivity index (χ1) is 26.7. The highest BCUT2D eigenvalue weighted by molar-refractivity contribution is 5.86. The van der Waals surface area contributed by atoms with Gasteiger partial charge in [0.1, 0.15) is 18.4 Å². The number of carbonyl (C=O) groups excluding carboxylic acids is 3. The lowest BCUT2D eigenvalue weighted by molar-refractivity contribution is -0.384. The smallest absolute Gasteiger partial charge is 0.320 e. The average Bonchev–Trinajstić information content (AvgIpc) is 3.79. The first kappa shape index (κ1) is 40.0. The number of Topliss-reactive ketones (excluding diaryl/α,β-unsaturated/α-hetero) is 1. The van der Waals surface area contributed by atoms with Crippen LogP contribution in [0.3, 0.4) is 0 Å². The van der Waals surface area contributed by atoms with Gasteiger partial charge in [0.25, 0.3) is 5.69 Å². The molecule has 1 aromatic heterocycles. The number of piperazine rings is 2. The van der Waals surface area contributed by atoms with E-state index in [0.29, 0.717) is 45.6 Å². The van der Waals surface area contributed by atoms with Crippen molar-refractivity contribution in [3.63, 3.8) is 0 Å². The van der Waals surface area contributed by atoms with Crippen molar-refractivity contribution in [3.05, 3.63) is 58.9 Å². The molecule has 2 aliphatic heterocycles. The van der Waals surface area contributed by atoms with Crippen LogP contribution in [-0.4, -0.2) is 128 Å². The zero-order valence-electron chi connectivity index (χ0n) is 33.3. The third-order valence-electron chi connectivity index (χ3n) is 14.7. The van der Waals surface area contributed by atoms with Gasteiger partial charge in [-0.3, -0.25) is 34.3 Å². The Balaban J connectivity index is 0.897. The highest BCUT2D eigenvalue weighted by Crippen LogP contribution is 2.68. The molecule has 0 spiro atoms. The van der Waals surface area contributed by atoms with Gasteiger partial charge in [0.15, 0.2) is 0 Å². The molecule has 3 heterocycles. The number of nitro benzene ring substituents is 1. The molecule has 0 radical (unpaired) electrons. The molecule has 0 unspecified atom stereocenters. The van der Waals surface area contributed by atoms with E-state index in [9.17, 15) is 29.6 Å². The van der Waals surface area contributed by atoms with Gasteiger partial charge in [0.05, 0.1) is 29.5 Å². The van der Waals surface area contributed by atoms with Crippen LogP contribution in [0.1, 0.15) is 65.5 Å². The molecule has 3 saturated carbocycles. The first-order valence-corrected chi connectivity index (χ1v) is 20.3. The van der Waals surface area contributed by atoms with Gasteiger partial charge in [0.2, 0.25) is 5.91 Å². The second kappa shape index (κ2) is 15.6. The molecule has 5 aliphatic rings. The van der Waals surface area contributed by atoms with Crippen molar-refractivity contribution in [3.8, 4) is 0 Å². The number of non-ortho nitro benzene ring substituents is 1. The number of esters is 1.